The average molecular weight is 408 g/mol. The lowest BCUT2D eigenvalue weighted by atomic mass is 10.1. The second kappa shape index (κ2) is 8.33. The molecule has 0 aromatic heterocycles. The smallest absolute Gasteiger partial charge is 0.243 e. The van der Waals surface area contributed by atoms with Gasteiger partial charge in [0.2, 0.25) is 10.0 Å². The Labute approximate surface area is 164 Å². The second-order valence-corrected chi connectivity index (χ2v) is 8.75. The Hall–Kier alpha value is -2.03. The Kier molecular flexibility index (Phi) is 6.08. The van der Waals surface area contributed by atoms with Gasteiger partial charge in [-0.25, -0.2) is 12.8 Å². The fraction of sp³-hybridized carbons (Fsp3) is 0.316. The van der Waals surface area contributed by atoms with Gasteiger partial charge in [-0.3, -0.25) is 0 Å². The van der Waals surface area contributed by atoms with Crippen molar-refractivity contribution in [3.63, 3.8) is 0 Å². The zero-order chi connectivity index (χ0) is 19.4. The van der Waals surface area contributed by atoms with Crippen LogP contribution in [0.3, 0.4) is 0 Å². The van der Waals surface area contributed by atoms with Crippen molar-refractivity contribution >= 4 is 27.4 Å². The highest BCUT2D eigenvalue weighted by Crippen LogP contribution is 2.19. The van der Waals surface area contributed by atoms with Crippen LogP contribution >= 0.6 is 12.2 Å². The first-order valence-corrected chi connectivity index (χ1v) is 10.6. The minimum absolute atomic E-state index is 0.0691. The fourth-order valence-corrected chi connectivity index (χ4v) is 4.77. The van der Waals surface area contributed by atoms with Crippen molar-refractivity contribution in [3.8, 4) is 0 Å². The third-order valence-electron chi connectivity index (χ3n) is 4.62. The Morgan fingerprint density at radius 2 is 1.63 bits per heavy atom. The highest BCUT2D eigenvalue weighted by molar-refractivity contribution is 7.89. The van der Waals surface area contributed by atoms with E-state index >= 15 is 0 Å². The van der Waals surface area contributed by atoms with E-state index in [-0.39, 0.29) is 10.9 Å². The van der Waals surface area contributed by atoms with Gasteiger partial charge in [0.05, 0.1) is 10.9 Å². The van der Waals surface area contributed by atoms with Crippen LogP contribution in [-0.2, 0) is 10.0 Å². The minimum Gasteiger partial charge on any atom is -0.356 e. The first-order chi connectivity index (χ1) is 12.9. The van der Waals surface area contributed by atoms with Gasteiger partial charge in [-0.1, -0.05) is 30.3 Å². The van der Waals surface area contributed by atoms with Crippen LogP contribution in [0.4, 0.5) is 4.39 Å². The van der Waals surface area contributed by atoms with Gasteiger partial charge >= 0.3 is 0 Å². The van der Waals surface area contributed by atoms with Gasteiger partial charge in [0.25, 0.3) is 0 Å². The summed E-state index contributed by atoms with van der Waals surface area (Å²) in [4.78, 5) is 2.08. The molecule has 2 aromatic carbocycles. The summed E-state index contributed by atoms with van der Waals surface area (Å²) in [6.07, 6.45) is 0. The van der Waals surface area contributed by atoms with Crippen LogP contribution in [0.1, 0.15) is 18.5 Å². The molecule has 0 saturated carbocycles. The molecule has 0 amide bonds. The van der Waals surface area contributed by atoms with E-state index in [9.17, 15) is 12.8 Å². The largest absolute Gasteiger partial charge is 0.356 e. The van der Waals surface area contributed by atoms with Crippen LogP contribution in [0.5, 0.6) is 0 Å². The van der Waals surface area contributed by atoms with Gasteiger partial charge in [0, 0.05) is 26.2 Å². The molecule has 144 valence electrons. The lowest BCUT2D eigenvalue weighted by Gasteiger charge is -2.36. The van der Waals surface area contributed by atoms with E-state index < -0.39 is 15.8 Å². The third-order valence-corrected chi connectivity index (χ3v) is 6.91. The van der Waals surface area contributed by atoms with E-state index in [1.54, 1.807) is 0 Å². The topological polar surface area (TPSA) is 52.6 Å². The highest BCUT2D eigenvalue weighted by atomic mass is 32.2. The zero-order valence-corrected chi connectivity index (χ0v) is 16.6. The summed E-state index contributed by atoms with van der Waals surface area (Å²) in [5.74, 6) is -0.456. The molecule has 3 rings (SSSR count). The van der Waals surface area contributed by atoms with E-state index in [1.807, 2.05) is 42.2 Å². The van der Waals surface area contributed by atoms with Crippen molar-refractivity contribution in [2.24, 2.45) is 0 Å². The molecular formula is C19H22FN3O2S2. The molecule has 0 spiro atoms. The standard InChI is InChI=1S/C19H22FN3O2S2/c1-15(16-5-3-2-4-6-16)21-19(26)22-11-13-23(14-12-22)27(24,25)18-9-7-17(20)8-10-18/h2-10,15H,11-14H2,1H3,(H,21,26). The molecule has 2 aromatic rings. The van der Waals surface area contributed by atoms with Crippen molar-refractivity contribution < 1.29 is 12.8 Å². The molecule has 1 atom stereocenters. The molecule has 8 heteroatoms. The maximum atomic E-state index is 13.0. The zero-order valence-electron chi connectivity index (χ0n) is 15.0. The second-order valence-electron chi connectivity index (χ2n) is 6.43. The first-order valence-electron chi connectivity index (χ1n) is 8.74. The SMILES string of the molecule is CC(NC(=S)N1CCN(S(=O)(=O)c2ccc(F)cc2)CC1)c1ccccc1. The number of piperazine rings is 1. The predicted molar refractivity (Wildman–Crippen MR) is 107 cm³/mol. The van der Waals surface area contributed by atoms with Gasteiger partial charge in [-0.2, -0.15) is 4.31 Å². The summed E-state index contributed by atoms with van der Waals surface area (Å²) in [6.45, 7) is 3.72. The molecule has 0 bridgehead atoms. The summed E-state index contributed by atoms with van der Waals surface area (Å²) in [6, 6.07) is 15.0. The van der Waals surface area contributed by atoms with Gasteiger partial charge in [-0.05, 0) is 49.0 Å². The number of halogens is 1. The van der Waals surface area contributed by atoms with E-state index in [0.29, 0.717) is 31.3 Å². The van der Waals surface area contributed by atoms with Crippen molar-refractivity contribution in [1.29, 1.82) is 0 Å². The van der Waals surface area contributed by atoms with Crippen molar-refractivity contribution in [2.75, 3.05) is 26.2 Å². The van der Waals surface area contributed by atoms with Crippen LogP contribution in [0, 0.1) is 5.82 Å². The van der Waals surface area contributed by atoms with Gasteiger partial charge in [-0.15, -0.1) is 0 Å². The normalized spacial score (nSPS) is 16.7. The summed E-state index contributed by atoms with van der Waals surface area (Å²) in [5, 5.41) is 3.92. The van der Waals surface area contributed by atoms with Gasteiger partial charge < -0.3 is 10.2 Å². The molecule has 1 unspecified atom stereocenters. The molecule has 1 heterocycles. The highest BCUT2D eigenvalue weighted by Gasteiger charge is 2.29. The molecule has 27 heavy (non-hydrogen) atoms. The van der Waals surface area contributed by atoms with E-state index in [4.69, 9.17) is 12.2 Å². The number of benzene rings is 2. The monoisotopic (exact) mass is 407 g/mol. The number of nitrogens with one attached hydrogen (secondary N) is 1. The number of thiocarbonyl (C=S) groups is 1. The molecule has 1 fully saturated rings. The van der Waals surface area contributed by atoms with Crippen LogP contribution in [-0.4, -0.2) is 48.9 Å². The lowest BCUT2D eigenvalue weighted by molar-refractivity contribution is 0.262. The lowest BCUT2D eigenvalue weighted by Crippen LogP contribution is -2.53. The number of hydrogen-bond acceptors (Lipinski definition) is 3. The summed E-state index contributed by atoms with van der Waals surface area (Å²) < 4.78 is 39.8. The maximum Gasteiger partial charge on any atom is 0.243 e. The summed E-state index contributed by atoms with van der Waals surface area (Å²) >= 11 is 5.50. The predicted octanol–water partition coefficient (Wildman–Crippen LogP) is 2.77. The molecule has 1 saturated heterocycles. The van der Waals surface area contributed by atoms with E-state index in [2.05, 4.69) is 5.32 Å². The third kappa shape index (κ3) is 4.63. The first kappa shape index (κ1) is 19.7. The van der Waals surface area contributed by atoms with Crippen LogP contribution in [0.2, 0.25) is 0 Å². The van der Waals surface area contributed by atoms with Gasteiger partial charge in [0.15, 0.2) is 5.11 Å². The molecule has 0 radical (unpaired) electrons. The van der Waals surface area contributed by atoms with Crippen LogP contribution in [0.15, 0.2) is 59.5 Å². The van der Waals surface area contributed by atoms with Crippen molar-refractivity contribution in [1.82, 2.24) is 14.5 Å². The molecule has 5 nitrogen and oxygen atoms in total. The average Bonchev–Trinajstić information content (AvgIpc) is 2.69. The Morgan fingerprint density at radius 1 is 1.04 bits per heavy atom. The Morgan fingerprint density at radius 3 is 2.22 bits per heavy atom. The number of hydrogen-bond donors (Lipinski definition) is 1. The molecule has 1 aliphatic rings. The van der Waals surface area contributed by atoms with E-state index in [1.165, 1.54) is 16.4 Å². The number of sulfonamides is 1. The quantitative estimate of drug-likeness (QED) is 0.790. The molecule has 1 N–H and O–H groups in total. The summed E-state index contributed by atoms with van der Waals surface area (Å²) in [7, 11) is -3.62. The minimum atomic E-state index is -3.62. The van der Waals surface area contributed by atoms with Crippen molar-refractivity contribution in [3.05, 3.63) is 66.0 Å². The molecule has 1 aliphatic heterocycles. The number of rotatable bonds is 4. The molecule has 0 aliphatic carbocycles. The van der Waals surface area contributed by atoms with Crippen LogP contribution in [0.25, 0.3) is 0 Å². The van der Waals surface area contributed by atoms with Crippen molar-refractivity contribution in [2.45, 2.75) is 17.9 Å². The Bertz CT molecular complexity index is 881. The fourth-order valence-electron chi connectivity index (χ4n) is 2.99. The number of nitrogens with zero attached hydrogens (tertiary/aromatic N) is 2. The Balaban J connectivity index is 1.58. The van der Waals surface area contributed by atoms with Crippen LogP contribution < -0.4 is 5.32 Å². The van der Waals surface area contributed by atoms with E-state index in [0.717, 1.165) is 17.7 Å². The molecular weight excluding hydrogens is 385 g/mol. The maximum absolute atomic E-state index is 13.0. The summed E-state index contributed by atoms with van der Waals surface area (Å²) in [5.41, 5.74) is 1.14. The van der Waals surface area contributed by atoms with Gasteiger partial charge in [0.1, 0.15) is 5.82 Å².